The molecule has 0 atom stereocenters. The predicted octanol–water partition coefficient (Wildman–Crippen LogP) is 3.23. The van der Waals surface area contributed by atoms with Crippen molar-refractivity contribution < 1.29 is 9.13 Å². The van der Waals surface area contributed by atoms with Gasteiger partial charge in [0.25, 0.3) is 0 Å². The summed E-state index contributed by atoms with van der Waals surface area (Å²) in [5.41, 5.74) is 1.81. The summed E-state index contributed by atoms with van der Waals surface area (Å²) >= 11 is 0. The molecule has 0 saturated carbocycles. The van der Waals surface area contributed by atoms with E-state index in [1.54, 1.807) is 6.92 Å². The number of benzene rings is 2. The Kier molecular flexibility index (Phi) is 3.25. The Labute approximate surface area is 115 Å². The first-order valence-corrected chi connectivity index (χ1v) is 6.30. The highest BCUT2D eigenvalue weighted by molar-refractivity contribution is 5.77. The van der Waals surface area contributed by atoms with Gasteiger partial charge < -0.3 is 4.74 Å². The van der Waals surface area contributed by atoms with Crippen molar-refractivity contribution in [2.75, 3.05) is 6.61 Å². The van der Waals surface area contributed by atoms with Gasteiger partial charge in [0.2, 0.25) is 0 Å². The lowest BCUT2D eigenvalue weighted by Crippen LogP contribution is -1.98. The number of nitrogens with zero attached hydrogens (tertiary/aromatic N) is 3. The molecule has 0 aliphatic carbocycles. The highest BCUT2D eigenvalue weighted by Gasteiger charge is 2.10. The average molecular weight is 269 g/mol. The van der Waals surface area contributed by atoms with Crippen molar-refractivity contribution in [3.8, 4) is 17.1 Å². The summed E-state index contributed by atoms with van der Waals surface area (Å²) in [5.74, 6) is 0.198. The molecule has 3 aromatic rings. The monoisotopic (exact) mass is 269 g/mol. The standard InChI is InChI=1S/C15H12FN3O/c1-2-20-14-9-13-12(8-11(14)16)17-15(19-18-13)10-6-4-3-5-7-10/h3-9H,2H2,1H3. The van der Waals surface area contributed by atoms with Crippen LogP contribution in [0.4, 0.5) is 4.39 Å². The fourth-order valence-electron chi connectivity index (χ4n) is 1.92. The fourth-order valence-corrected chi connectivity index (χ4v) is 1.92. The van der Waals surface area contributed by atoms with Crippen LogP contribution in [-0.4, -0.2) is 21.8 Å². The molecule has 0 aliphatic rings. The molecule has 1 aromatic heterocycles. The van der Waals surface area contributed by atoms with E-state index in [4.69, 9.17) is 4.74 Å². The highest BCUT2D eigenvalue weighted by atomic mass is 19.1. The van der Waals surface area contributed by atoms with Crippen LogP contribution in [0.2, 0.25) is 0 Å². The van der Waals surface area contributed by atoms with E-state index < -0.39 is 5.82 Å². The summed E-state index contributed by atoms with van der Waals surface area (Å²) in [4.78, 5) is 4.34. The third-order valence-corrected chi connectivity index (χ3v) is 2.84. The van der Waals surface area contributed by atoms with Crippen LogP contribution in [0.1, 0.15) is 6.92 Å². The number of halogens is 1. The molecule has 20 heavy (non-hydrogen) atoms. The van der Waals surface area contributed by atoms with E-state index in [1.807, 2.05) is 30.3 Å². The third-order valence-electron chi connectivity index (χ3n) is 2.84. The molecule has 0 saturated heterocycles. The summed E-state index contributed by atoms with van der Waals surface area (Å²) < 4.78 is 19.0. The molecule has 0 N–H and O–H groups in total. The van der Waals surface area contributed by atoms with Crippen molar-refractivity contribution in [3.63, 3.8) is 0 Å². The lowest BCUT2D eigenvalue weighted by Gasteiger charge is -2.06. The van der Waals surface area contributed by atoms with E-state index in [-0.39, 0.29) is 5.75 Å². The van der Waals surface area contributed by atoms with Crippen LogP contribution >= 0.6 is 0 Å². The SMILES string of the molecule is CCOc1cc2nnc(-c3ccccc3)nc2cc1F. The molecule has 4 nitrogen and oxygen atoms in total. The molecule has 5 heteroatoms. The van der Waals surface area contributed by atoms with Crippen molar-refractivity contribution in [1.29, 1.82) is 0 Å². The largest absolute Gasteiger partial charge is 0.491 e. The molecular weight excluding hydrogens is 257 g/mol. The van der Waals surface area contributed by atoms with Crippen LogP contribution in [0.5, 0.6) is 5.75 Å². The molecule has 0 unspecified atom stereocenters. The molecule has 2 aromatic carbocycles. The number of hydrogen-bond donors (Lipinski definition) is 0. The van der Waals surface area contributed by atoms with Gasteiger partial charge in [0.05, 0.1) is 12.1 Å². The summed E-state index contributed by atoms with van der Waals surface area (Å²) in [5, 5.41) is 8.15. The van der Waals surface area contributed by atoms with E-state index in [2.05, 4.69) is 15.2 Å². The summed E-state index contributed by atoms with van der Waals surface area (Å²) in [6, 6.07) is 12.3. The van der Waals surface area contributed by atoms with Crippen LogP contribution in [-0.2, 0) is 0 Å². The number of hydrogen-bond acceptors (Lipinski definition) is 4. The Hall–Kier alpha value is -2.56. The molecule has 0 bridgehead atoms. The Morgan fingerprint density at radius 1 is 1.05 bits per heavy atom. The summed E-state index contributed by atoms with van der Waals surface area (Å²) in [6.07, 6.45) is 0. The Morgan fingerprint density at radius 2 is 1.85 bits per heavy atom. The van der Waals surface area contributed by atoms with Crippen LogP contribution in [0.15, 0.2) is 42.5 Å². The third kappa shape index (κ3) is 2.30. The second-order valence-corrected chi connectivity index (χ2v) is 4.21. The quantitative estimate of drug-likeness (QED) is 0.732. The normalized spacial score (nSPS) is 10.7. The first-order chi connectivity index (χ1) is 9.78. The fraction of sp³-hybridized carbons (Fsp3) is 0.133. The van der Waals surface area contributed by atoms with E-state index in [0.717, 1.165) is 5.56 Å². The first-order valence-electron chi connectivity index (χ1n) is 6.30. The lowest BCUT2D eigenvalue weighted by molar-refractivity contribution is 0.322. The number of ether oxygens (including phenoxy) is 1. The zero-order chi connectivity index (χ0) is 13.9. The maximum absolute atomic E-state index is 13.8. The predicted molar refractivity (Wildman–Crippen MR) is 73.9 cm³/mol. The zero-order valence-corrected chi connectivity index (χ0v) is 10.9. The minimum Gasteiger partial charge on any atom is -0.491 e. The van der Waals surface area contributed by atoms with Gasteiger partial charge in [0, 0.05) is 17.7 Å². The van der Waals surface area contributed by atoms with Crippen molar-refractivity contribution in [1.82, 2.24) is 15.2 Å². The maximum Gasteiger partial charge on any atom is 0.182 e. The number of fused-ring (bicyclic) bond motifs is 1. The van der Waals surface area contributed by atoms with Crippen LogP contribution in [0, 0.1) is 5.82 Å². The molecule has 3 rings (SSSR count). The van der Waals surface area contributed by atoms with Gasteiger partial charge in [-0.1, -0.05) is 30.3 Å². The molecule has 0 amide bonds. The Balaban J connectivity index is 2.10. The van der Waals surface area contributed by atoms with Crippen LogP contribution in [0.3, 0.4) is 0 Å². The molecule has 0 spiro atoms. The second-order valence-electron chi connectivity index (χ2n) is 4.21. The van der Waals surface area contributed by atoms with Crippen LogP contribution in [0.25, 0.3) is 22.4 Å². The highest BCUT2D eigenvalue weighted by Crippen LogP contribution is 2.23. The Morgan fingerprint density at radius 3 is 2.60 bits per heavy atom. The first kappa shape index (κ1) is 12.5. The van der Waals surface area contributed by atoms with Gasteiger partial charge in [0.15, 0.2) is 17.4 Å². The van der Waals surface area contributed by atoms with Crippen molar-refractivity contribution in [3.05, 3.63) is 48.3 Å². The van der Waals surface area contributed by atoms with Crippen molar-refractivity contribution in [2.24, 2.45) is 0 Å². The molecule has 0 radical (unpaired) electrons. The van der Waals surface area contributed by atoms with E-state index in [1.165, 1.54) is 12.1 Å². The zero-order valence-electron chi connectivity index (χ0n) is 10.9. The number of rotatable bonds is 3. The van der Waals surface area contributed by atoms with Gasteiger partial charge in [-0.3, -0.25) is 0 Å². The maximum atomic E-state index is 13.8. The minimum atomic E-state index is -0.445. The van der Waals surface area contributed by atoms with Gasteiger partial charge in [-0.05, 0) is 6.92 Å². The van der Waals surface area contributed by atoms with Gasteiger partial charge in [-0.15, -0.1) is 10.2 Å². The van der Waals surface area contributed by atoms with Gasteiger partial charge in [-0.25, -0.2) is 9.37 Å². The van der Waals surface area contributed by atoms with E-state index in [0.29, 0.717) is 23.5 Å². The van der Waals surface area contributed by atoms with Gasteiger partial charge in [0.1, 0.15) is 5.52 Å². The second kappa shape index (κ2) is 5.21. The Bertz CT molecular complexity index is 747. The van der Waals surface area contributed by atoms with Crippen molar-refractivity contribution in [2.45, 2.75) is 6.92 Å². The molecule has 100 valence electrons. The van der Waals surface area contributed by atoms with Crippen molar-refractivity contribution >= 4 is 11.0 Å². The smallest absolute Gasteiger partial charge is 0.182 e. The number of aromatic nitrogens is 3. The topological polar surface area (TPSA) is 47.9 Å². The summed E-state index contributed by atoms with van der Waals surface area (Å²) in [7, 11) is 0. The molecule has 1 heterocycles. The van der Waals surface area contributed by atoms with Gasteiger partial charge >= 0.3 is 0 Å². The van der Waals surface area contributed by atoms with E-state index in [9.17, 15) is 4.39 Å². The molecule has 0 aliphatic heterocycles. The molecular formula is C15H12FN3O. The average Bonchev–Trinajstić information content (AvgIpc) is 2.49. The molecule has 0 fully saturated rings. The van der Waals surface area contributed by atoms with Crippen LogP contribution < -0.4 is 4.74 Å². The van der Waals surface area contributed by atoms with E-state index >= 15 is 0 Å². The minimum absolute atomic E-state index is 0.170. The van der Waals surface area contributed by atoms with Gasteiger partial charge in [-0.2, -0.15) is 0 Å². The lowest BCUT2D eigenvalue weighted by atomic mass is 10.2. The summed E-state index contributed by atoms with van der Waals surface area (Å²) in [6.45, 7) is 2.19.